The molecule has 1 aromatic carbocycles. The highest BCUT2D eigenvalue weighted by atomic mass is 32.2. The molecule has 0 spiro atoms. The van der Waals surface area contributed by atoms with E-state index in [0.29, 0.717) is 25.1 Å². The van der Waals surface area contributed by atoms with Crippen molar-refractivity contribution in [2.24, 2.45) is 0 Å². The Hall–Kier alpha value is -1.45. The highest BCUT2D eigenvalue weighted by Gasteiger charge is 2.31. The molecule has 23 heavy (non-hydrogen) atoms. The maximum Gasteiger partial charge on any atom is 0.240 e. The zero-order valence-electron chi connectivity index (χ0n) is 12.4. The van der Waals surface area contributed by atoms with Gasteiger partial charge in [0.1, 0.15) is 0 Å². The number of amides is 1. The van der Waals surface area contributed by atoms with Crippen molar-refractivity contribution in [1.29, 1.82) is 0 Å². The van der Waals surface area contributed by atoms with Gasteiger partial charge in [0.05, 0.1) is 16.4 Å². The van der Waals surface area contributed by atoms with Crippen LogP contribution in [-0.4, -0.2) is 46.8 Å². The Labute approximate surface area is 135 Å². The lowest BCUT2D eigenvalue weighted by Crippen LogP contribution is -2.35. The summed E-state index contributed by atoms with van der Waals surface area (Å²) in [6.45, 7) is 0.642. The lowest BCUT2D eigenvalue weighted by molar-refractivity contribution is -0.117. The standard InChI is InChI=1S/C14H18N2O5S2/c17-14-2-1-8-16(14)12-3-5-13(6-4-12)23(20,21)15-11-7-9-22(18,19)10-11/h3-6,11,15H,1-2,7-10H2/t11-/m1/s1. The van der Waals surface area contributed by atoms with E-state index in [4.69, 9.17) is 0 Å². The summed E-state index contributed by atoms with van der Waals surface area (Å²) in [7, 11) is -6.91. The van der Waals surface area contributed by atoms with E-state index in [1.165, 1.54) is 12.1 Å². The lowest BCUT2D eigenvalue weighted by atomic mass is 10.3. The highest BCUT2D eigenvalue weighted by molar-refractivity contribution is 7.92. The van der Waals surface area contributed by atoms with Crippen LogP contribution in [-0.2, 0) is 24.7 Å². The number of sulfonamides is 1. The molecular formula is C14H18N2O5S2. The quantitative estimate of drug-likeness (QED) is 0.833. The predicted octanol–water partition coefficient (Wildman–Crippen LogP) is 0.279. The van der Waals surface area contributed by atoms with Gasteiger partial charge in [-0.2, -0.15) is 0 Å². The summed E-state index contributed by atoms with van der Waals surface area (Å²) in [6, 6.07) is 5.50. The van der Waals surface area contributed by atoms with Crippen LogP contribution in [0.3, 0.4) is 0 Å². The van der Waals surface area contributed by atoms with Gasteiger partial charge in [-0.3, -0.25) is 4.79 Å². The van der Waals surface area contributed by atoms with Crippen molar-refractivity contribution >= 4 is 31.5 Å². The third-order valence-corrected chi connectivity index (χ3v) is 7.39. The molecule has 3 rings (SSSR count). The molecule has 0 radical (unpaired) electrons. The molecule has 1 N–H and O–H groups in total. The first kappa shape index (κ1) is 16.4. The number of nitrogens with zero attached hydrogens (tertiary/aromatic N) is 1. The van der Waals surface area contributed by atoms with Crippen LogP contribution in [0, 0.1) is 0 Å². The number of benzene rings is 1. The minimum atomic E-state index is -3.77. The van der Waals surface area contributed by atoms with Gasteiger partial charge < -0.3 is 4.90 Å². The van der Waals surface area contributed by atoms with Crippen LogP contribution >= 0.6 is 0 Å². The molecule has 1 amide bonds. The van der Waals surface area contributed by atoms with E-state index in [-0.39, 0.29) is 22.3 Å². The summed E-state index contributed by atoms with van der Waals surface area (Å²) < 4.78 is 49.9. The molecular weight excluding hydrogens is 340 g/mol. The maximum atomic E-state index is 12.3. The summed E-state index contributed by atoms with van der Waals surface area (Å²) in [4.78, 5) is 13.4. The molecule has 0 aromatic heterocycles. The fourth-order valence-electron chi connectivity index (χ4n) is 2.90. The van der Waals surface area contributed by atoms with E-state index in [2.05, 4.69) is 4.72 Å². The molecule has 9 heteroatoms. The molecule has 126 valence electrons. The van der Waals surface area contributed by atoms with E-state index < -0.39 is 25.9 Å². The average Bonchev–Trinajstić information content (AvgIpc) is 3.04. The van der Waals surface area contributed by atoms with E-state index in [9.17, 15) is 21.6 Å². The molecule has 2 aliphatic heterocycles. The SMILES string of the molecule is O=C1CCCN1c1ccc(S(=O)(=O)N[C@@H]2CCS(=O)(=O)C2)cc1. The maximum absolute atomic E-state index is 12.3. The molecule has 1 aromatic rings. The summed E-state index contributed by atoms with van der Waals surface area (Å²) >= 11 is 0. The molecule has 0 aliphatic carbocycles. The van der Waals surface area contributed by atoms with Crippen LogP contribution in [0.25, 0.3) is 0 Å². The largest absolute Gasteiger partial charge is 0.312 e. The topological polar surface area (TPSA) is 101 Å². The van der Waals surface area contributed by atoms with Crippen molar-refractivity contribution in [1.82, 2.24) is 4.72 Å². The Bertz CT molecular complexity index is 815. The fraction of sp³-hybridized carbons (Fsp3) is 0.500. The first-order valence-corrected chi connectivity index (χ1v) is 10.7. The van der Waals surface area contributed by atoms with Gasteiger partial charge in [-0.15, -0.1) is 0 Å². The zero-order valence-corrected chi connectivity index (χ0v) is 14.1. The molecule has 0 bridgehead atoms. The average molecular weight is 358 g/mol. The number of sulfone groups is 1. The predicted molar refractivity (Wildman–Crippen MR) is 85.4 cm³/mol. The molecule has 2 fully saturated rings. The van der Waals surface area contributed by atoms with E-state index in [1.54, 1.807) is 17.0 Å². The van der Waals surface area contributed by atoms with Crippen molar-refractivity contribution in [2.45, 2.75) is 30.2 Å². The number of nitrogens with one attached hydrogen (secondary N) is 1. The van der Waals surface area contributed by atoms with Crippen molar-refractivity contribution < 1.29 is 21.6 Å². The van der Waals surface area contributed by atoms with Gasteiger partial charge in [0, 0.05) is 24.7 Å². The van der Waals surface area contributed by atoms with Crippen molar-refractivity contribution in [3.8, 4) is 0 Å². The smallest absolute Gasteiger partial charge is 0.240 e. The third kappa shape index (κ3) is 3.56. The Morgan fingerprint density at radius 2 is 1.87 bits per heavy atom. The Morgan fingerprint density at radius 3 is 2.39 bits per heavy atom. The number of rotatable bonds is 4. The minimum Gasteiger partial charge on any atom is -0.312 e. The summed E-state index contributed by atoms with van der Waals surface area (Å²) in [6.07, 6.45) is 1.61. The number of carbonyl (C=O) groups excluding carboxylic acids is 1. The first-order valence-electron chi connectivity index (χ1n) is 7.40. The molecule has 0 saturated carbocycles. The Kier molecular flexibility index (Phi) is 4.19. The van der Waals surface area contributed by atoms with Crippen molar-refractivity contribution in [3.63, 3.8) is 0 Å². The first-order chi connectivity index (χ1) is 10.8. The van der Waals surface area contributed by atoms with Crippen LogP contribution in [0.1, 0.15) is 19.3 Å². The Morgan fingerprint density at radius 1 is 1.17 bits per heavy atom. The molecule has 2 aliphatic rings. The monoisotopic (exact) mass is 358 g/mol. The van der Waals surface area contributed by atoms with Gasteiger partial charge in [-0.1, -0.05) is 0 Å². The van der Waals surface area contributed by atoms with Gasteiger partial charge in [-0.25, -0.2) is 21.6 Å². The zero-order chi connectivity index (χ0) is 16.7. The van der Waals surface area contributed by atoms with Crippen LogP contribution in [0.2, 0.25) is 0 Å². The van der Waals surface area contributed by atoms with Gasteiger partial charge >= 0.3 is 0 Å². The van der Waals surface area contributed by atoms with Crippen LogP contribution in [0.4, 0.5) is 5.69 Å². The van der Waals surface area contributed by atoms with Crippen molar-refractivity contribution in [2.75, 3.05) is 23.0 Å². The number of anilines is 1. The minimum absolute atomic E-state index is 0.0101. The molecule has 2 saturated heterocycles. The fourth-order valence-corrected chi connectivity index (χ4v) is 5.95. The second kappa shape index (κ2) is 5.88. The summed E-state index contributed by atoms with van der Waals surface area (Å²) in [5.41, 5.74) is 0.676. The van der Waals surface area contributed by atoms with Crippen LogP contribution in [0.15, 0.2) is 29.2 Å². The van der Waals surface area contributed by atoms with Gasteiger partial charge in [-0.05, 0) is 37.1 Å². The summed E-state index contributed by atoms with van der Waals surface area (Å²) in [5.74, 6) is -0.113. The highest BCUT2D eigenvalue weighted by Crippen LogP contribution is 2.23. The van der Waals surface area contributed by atoms with Gasteiger partial charge in [0.25, 0.3) is 0 Å². The van der Waals surface area contributed by atoms with Crippen LogP contribution < -0.4 is 9.62 Å². The number of carbonyl (C=O) groups is 1. The second-order valence-corrected chi connectivity index (χ2v) is 9.81. The second-order valence-electron chi connectivity index (χ2n) is 5.86. The van der Waals surface area contributed by atoms with Gasteiger partial charge in [0.2, 0.25) is 15.9 Å². The lowest BCUT2D eigenvalue weighted by Gasteiger charge is -2.16. The summed E-state index contributed by atoms with van der Waals surface area (Å²) in [5, 5.41) is 0. The molecule has 2 heterocycles. The number of hydrogen-bond donors (Lipinski definition) is 1. The third-order valence-electron chi connectivity index (χ3n) is 4.09. The number of hydrogen-bond acceptors (Lipinski definition) is 5. The van der Waals surface area contributed by atoms with E-state index >= 15 is 0 Å². The van der Waals surface area contributed by atoms with Crippen LogP contribution in [0.5, 0.6) is 0 Å². The van der Waals surface area contributed by atoms with Crippen molar-refractivity contribution in [3.05, 3.63) is 24.3 Å². The Balaban J connectivity index is 1.74. The molecule has 7 nitrogen and oxygen atoms in total. The van der Waals surface area contributed by atoms with E-state index in [1.807, 2.05) is 0 Å². The van der Waals surface area contributed by atoms with E-state index in [0.717, 1.165) is 6.42 Å². The van der Waals surface area contributed by atoms with Gasteiger partial charge in [0.15, 0.2) is 9.84 Å². The normalized spacial score (nSPS) is 24.3. The molecule has 1 atom stereocenters. The molecule has 0 unspecified atom stereocenters.